The summed E-state index contributed by atoms with van der Waals surface area (Å²) in [7, 11) is 0. The van der Waals surface area contributed by atoms with Crippen molar-refractivity contribution in [2.24, 2.45) is 5.41 Å². The van der Waals surface area contributed by atoms with E-state index in [2.05, 4.69) is 41.5 Å². The number of nitrogens with zero attached hydrogens (tertiary/aromatic N) is 4. The number of rotatable bonds is 7. The molecule has 3 aromatic rings. The van der Waals surface area contributed by atoms with Gasteiger partial charge in [-0.2, -0.15) is 0 Å². The molecule has 1 saturated carbocycles. The van der Waals surface area contributed by atoms with E-state index in [1.54, 1.807) is 16.2 Å². The summed E-state index contributed by atoms with van der Waals surface area (Å²) >= 11 is 1.55. The van der Waals surface area contributed by atoms with E-state index in [1.165, 1.54) is 18.4 Å². The lowest BCUT2D eigenvalue weighted by atomic mass is 9.82. The minimum Gasteiger partial charge on any atom is -0.447 e. The fourth-order valence-corrected chi connectivity index (χ4v) is 6.60. The van der Waals surface area contributed by atoms with E-state index >= 15 is 0 Å². The van der Waals surface area contributed by atoms with Crippen LogP contribution in [-0.4, -0.2) is 64.5 Å². The van der Waals surface area contributed by atoms with Crippen LogP contribution in [0.4, 0.5) is 27.2 Å². The number of benzene rings is 1. The summed E-state index contributed by atoms with van der Waals surface area (Å²) in [5, 5.41) is 17.8. The molecule has 1 amide bonds. The van der Waals surface area contributed by atoms with Crippen molar-refractivity contribution in [1.29, 1.82) is 0 Å². The number of hydrogen-bond donors (Lipinski definition) is 3. The Balaban J connectivity index is 1.22. The van der Waals surface area contributed by atoms with Gasteiger partial charge in [0.2, 0.25) is 0 Å². The smallest absolute Gasteiger partial charge is 0.414 e. The third-order valence-corrected chi connectivity index (χ3v) is 9.16. The van der Waals surface area contributed by atoms with Crippen molar-refractivity contribution < 1.29 is 14.6 Å². The summed E-state index contributed by atoms with van der Waals surface area (Å²) in [6.07, 6.45) is 5.48. The lowest BCUT2D eigenvalue weighted by molar-refractivity contribution is 0.126. The number of aliphatic hydroxyl groups is 1. The van der Waals surface area contributed by atoms with E-state index in [1.807, 2.05) is 18.2 Å². The van der Waals surface area contributed by atoms with Gasteiger partial charge in [-0.25, -0.2) is 14.8 Å². The standard InChI is InChI=1S/C29H38N6O3S/c1-29(2)9-11-34(12-10-29)18-19-15-25(30-20-3-6-22(36)7-4-20)32-26(16-19)33-27-31-23-8-5-21(17-24(23)39-27)35-13-14-38-28(35)37/h5,8,15-17,20,22,36H,3-4,6-7,9-14,18H2,1-2H3,(H2,30,31,32,33). The van der Waals surface area contributed by atoms with Crippen molar-refractivity contribution in [2.75, 3.05) is 41.8 Å². The van der Waals surface area contributed by atoms with Gasteiger partial charge in [0.05, 0.1) is 22.9 Å². The van der Waals surface area contributed by atoms with Gasteiger partial charge < -0.3 is 20.5 Å². The summed E-state index contributed by atoms with van der Waals surface area (Å²) in [6.45, 7) is 8.80. The fraction of sp³-hybridized carbons (Fsp3) is 0.552. The highest BCUT2D eigenvalue weighted by atomic mass is 32.1. The van der Waals surface area contributed by atoms with Crippen LogP contribution in [0, 0.1) is 5.41 Å². The molecule has 0 atom stereocenters. The van der Waals surface area contributed by atoms with Crippen molar-refractivity contribution in [2.45, 2.75) is 71.1 Å². The van der Waals surface area contributed by atoms with E-state index in [-0.39, 0.29) is 12.2 Å². The highest BCUT2D eigenvalue weighted by Crippen LogP contribution is 2.34. The van der Waals surface area contributed by atoms with E-state index in [9.17, 15) is 9.90 Å². The minimum atomic E-state index is -0.303. The molecule has 2 aliphatic heterocycles. The number of carbonyl (C=O) groups excluding carboxylic acids is 1. The highest BCUT2D eigenvalue weighted by Gasteiger charge is 2.26. The molecule has 0 bridgehead atoms. The molecule has 39 heavy (non-hydrogen) atoms. The Hall–Kier alpha value is -2.95. The molecule has 6 rings (SSSR count). The maximum Gasteiger partial charge on any atom is 0.414 e. The molecule has 208 valence electrons. The summed E-state index contributed by atoms with van der Waals surface area (Å²) in [5.74, 6) is 1.63. The number of piperidine rings is 1. The number of anilines is 4. The van der Waals surface area contributed by atoms with Gasteiger partial charge in [-0.3, -0.25) is 9.80 Å². The lowest BCUT2D eigenvalue weighted by Crippen LogP contribution is -2.36. The minimum absolute atomic E-state index is 0.182. The molecule has 3 aliphatic rings. The first-order valence-corrected chi connectivity index (χ1v) is 14.9. The van der Waals surface area contributed by atoms with Crippen LogP contribution in [0.5, 0.6) is 0 Å². The monoisotopic (exact) mass is 550 g/mol. The number of cyclic esters (lactones) is 1. The van der Waals surface area contributed by atoms with Gasteiger partial charge in [0.15, 0.2) is 5.13 Å². The Bertz CT molecular complexity index is 1330. The fourth-order valence-electron chi connectivity index (χ4n) is 5.69. The largest absolute Gasteiger partial charge is 0.447 e. The predicted molar refractivity (Wildman–Crippen MR) is 156 cm³/mol. The van der Waals surface area contributed by atoms with Gasteiger partial charge in [0.25, 0.3) is 0 Å². The van der Waals surface area contributed by atoms with Crippen molar-refractivity contribution in [3.63, 3.8) is 0 Å². The number of ether oxygens (including phenoxy) is 1. The van der Waals surface area contributed by atoms with Crippen LogP contribution in [0.1, 0.15) is 57.9 Å². The van der Waals surface area contributed by atoms with Gasteiger partial charge in [-0.1, -0.05) is 25.2 Å². The second kappa shape index (κ2) is 10.9. The Morgan fingerprint density at radius 1 is 1.05 bits per heavy atom. The first-order valence-electron chi connectivity index (χ1n) is 14.1. The maximum absolute atomic E-state index is 12.0. The van der Waals surface area contributed by atoms with Gasteiger partial charge in [-0.15, -0.1) is 0 Å². The number of pyridine rings is 1. The molecule has 3 fully saturated rings. The van der Waals surface area contributed by atoms with E-state index < -0.39 is 0 Å². The number of likely N-dealkylation sites (tertiary alicyclic amines) is 1. The normalized spacial score (nSPS) is 23.7. The number of carbonyl (C=O) groups is 1. The molecule has 10 heteroatoms. The zero-order valence-corrected chi connectivity index (χ0v) is 23.6. The van der Waals surface area contributed by atoms with E-state index in [0.717, 1.165) is 78.0 Å². The molecule has 2 saturated heterocycles. The number of aromatic nitrogens is 2. The number of aliphatic hydroxyl groups excluding tert-OH is 1. The molecular weight excluding hydrogens is 512 g/mol. The molecule has 0 radical (unpaired) electrons. The lowest BCUT2D eigenvalue weighted by Gasteiger charge is -2.37. The van der Waals surface area contributed by atoms with Crippen LogP contribution in [0.25, 0.3) is 10.2 Å². The maximum atomic E-state index is 12.0. The summed E-state index contributed by atoms with van der Waals surface area (Å²) in [4.78, 5) is 25.9. The van der Waals surface area contributed by atoms with E-state index in [0.29, 0.717) is 24.6 Å². The number of nitrogens with one attached hydrogen (secondary N) is 2. The molecule has 0 unspecified atom stereocenters. The highest BCUT2D eigenvalue weighted by molar-refractivity contribution is 7.22. The Morgan fingerprint density at radius 3 is 2.56 bits per heavy atom. The zero-order valence-electron chi connectivity index (χ0n) is 22.8. The number of thiazole rings is 1. The van der Waals surface area contributed by atoms with Gasteiger partial charge in [-0.05, 0) is 92.9 Å². The number of hydrogen-bond acceptors (Lipinski definition) is 9. The van der Waals surface area contributed by atoms with Crippen LogP contribution >= 0.6 is 11.3 Å². The topological polar surface area (TPSA) is 103 Å². The molecule has 1 aliphatic carbocycles. The van der Waals surface area contributed by atoms with Crippen molar-refractivity contribution in [3.8, 4) is 0 Å². The first-order chi connectivity index (χ1) is 18.8. The molecule has 3 N–H and O–H groups in total. The molecule has 2 aromatic heterocycles. The number of fused-ring (bicyclic) bond motifs is 1. The Kier molecular flexibility index (Phi) is 7.35. The van der Waals surface area contributed by atoms with Crippen molar-refractivity contribution >= 4 is 50.1 Å². The first kappa shape index (κ1) is 26.3. The predicted octanol–water partition coefficient (Wildman–Crippen LogP) is 5.73. The van der Waals surface area contributed by atoms with Gasteiger partial charge in [0.1, 0.15) is 18.2 Å². The molecule has 4 heterocycles. The summed E-state index contributed by atoms with van der Waals surface area (Å²) < 4.78 is 6.10. The third kappa shape index (κ3) is 6.28. The van der Waals surface area contributed by atoms with Crippen LogP contribution in [0.2, 0.25) is 0 Å². The van der Waals surface area contributed by atoms with Crippen LogP contribution in [0.3, 0.4) is 0 Å². The zero-order chi connectivity index (χ0) is 27.0. The Morgan fingerprint density at radius 2 is 1.82 bits per heavy atom. The van der Waals surface area contributed by atoms with Crippen LogP contribution < -0.4 is 15.5 Å². The molecule has 0 spiro atoms. The summed E-state index contributed by atoms with van der Waals surface area (Å²) in [5.41, 5.74) is 3.35. The second-order valence-electron chi connectivity index (χ2n) is 11.9. The van der Waals surface area contributed by atoms with Gasteiger partial charge >= 0.3 is 6.09 Å². The third-order valence-electron chi connectivity index (χ3n) is 8.23. The molecule has 9 nitrogen and oxygen atoms in total. The van der Waals surface area contributed by atoms with Crippen LogP contribution in [-0.2, 0) is 11.3 Å². The average Bonchev–Trinajstić information content (AvgIpc) is 3.51. The van der Waals surface area contributed by atoms with Gasteiger partial charge in [0, 0.05) is 18.3 Å². The van der Waals surface area contributed by atoms with E-state index in [4.69, 9.17) is 14.7 Å². The molecule has 1 aromatic carbocycles. The van der Waals surface area contributed by atoms with Crippen molar-refractivity contribution in [1.82, 2.24) is 14.9 Å². The summed E-state index contributed by atoms with van der Waals surface area (Å²) in [6, 6.07) is 10.5. The van der Waals surface area contributed by atoms with Crippen LogP contribution in [0.15, 0.2) is 30.3 Å². The SMILES string of the molecule is CC1(C)CCN(Cc2cc(Nc3nc4ccc(N5CCOC5=O)cc4s3)nc(NC3CCC(O)CC3)c2)CC1. The second-order valence-corrected chi connectivity index (χ2v) is 12.9. The average molecular weight is 551 g/mol. The quantitative estimate of drug-likeness (QED) is 0.343. The molecular formula is C29H38N6O3S. The number of amides is 1. The Labute approximate surface area is 233 Å². The van der Waals surface area contributed by atoms with Crippen molar-refractivity contribution in [3.05, 3.63) is 35.9 Å².